The van der Waals surface area contributed by atoms with Crippen molar-refractivity contribution in [1.82, 2.24) is 24.8 Å². The lowest BCUT2D eigenvalue weighted by Crippen LogP contribution is -2.11. The topological polar surface area (TPSA) is 77.6 Å². The van der Waals surface area contributed by atoms with Crippen LogP contribution >= 0.6 is 0 Å². The first-order valence-corrected chi connectivity index (χ1v) is 7.81. The number of fused-ring (bicyclic) bond motifs is 1. The Morgan fingerprint density at radius 2 is 1.92 bits per heavy atom. The van der Waals surface area contributed by atoms with Gasteiger partial charge in [-0.25, -0.2) is 0 Å². The highest BCUT2D eigenvalue weighted by atomic mass is 16.1. The number of amides is 1. The number of anilines is 1. The molecule has 2 heterocycles. The molecular formula is C18H16N6O. The minimum atomic E-state index is -0.152. The van der Waals surface area contributed by atoms with Crippen molar-refractivity contribution in [2.45, 2.75) is 0 Å². The number of benzene rings is 2. The third-order valence-electron chi connectivity index (χ3n) is 4.03. The maximum absolute atomic E-state index is 12.7. The van der Waals surface area contributed by atoms with Gasteiger partial charge in [0.25, 0.3) is 5.91 Å². The van der Waals surface area contributed by atoms with Gasteiger partial charge in [0.1, 0.15) is 0 Å². The Morgan fingerprint density at radius 1 is 1.08 bits per heavy atom. The van der Waals surface area contributed by atoms with Gasteiger partial charge in [0.05, 0.1) is 12.6 Å². The molecule has 4 aromatic rings. The summed E-state index contributed by atoms with van der Waals surface area (Å²) in [7, 11) is 3.64. The summed E-state index contributed by atoms with van der Waals surface area (Å²) in [5, 5.41) is 15.9. The minimum absolute atomic E-state index is 0.152. The second kappa shape index (κ2) is 5.86. The Hall–Kier alpha value is -3.48. The second-order valence-corrected chi connectivity index (χ2v) is 5.81. The van der Waals surface area contributed by atoms with Crippen LogP contribution in [0.5, 0.6) is 0 Å². The zero-order valence-electron chi connectivity index (χ0n) is 13.8. The summed E-state index contributed by atoms with van der Waals surface area (Å²) in [5.74, 6) is 0.366. The van der Waals surface area contributed by atoms with E-state index in [4.69, 9.17) is 0 Å². The number of nitrogens with one attached hydrogen (secondary N) is 1. The molecule has 0 saturated carbocycles. The fourth-order valence-electron chi connectivity index (χ4n) is 2.86. The molecule has 25 heavy (non-hydrogen) atoms. The minimum Gasteiger partial charge on any atom is -0.350 e. The fraction of sp³-hybridized carbons (Fsp3) is 0.111. The fourth-order valence-corrected chi connectivity index (χ4v) is 2.86. The number of hydrogen-bond acceptors (Lipinski definition) is 4. The molecule has 0 aliphatic rings. The standard InChI is InChI=1S/C18H16N6O/c1-23-11-15(14-8-3-4-9-16(14)23)18(25)19-13-7-5-6-12(10-13)17-20-22-24(2)21-17/h3-11H,1-2H3,(H,19,25). The molecule has 4 rings (SSSR count). The molecule has 0 radical (unpaired) electrons. The molecular weight excluding hydrogens is 316 g/mol. The van der Waals surface area contributed by atoms with Crippen LogP contribution in [0.15, 0.2) is 54.7 Å². The lowest BCUT2D eigenvalue weighted by Gasteiger charge is -2.05. The van der Waals surface area contributed by atoms with E-state index in [1.165, 1.54) is 4.80 Å². The van der Waals surface area contributed by atoms with Crippen molar-refractivity contribution in [3.05, 3.63) is 60.3 Å². The Balaban J connectivity index is 1.64. The Kier molecular flexibility index (Phi) is 3.53. The monoisotopic (exact) mass is 332 g/mol. The van der Waals surface area contributed by atoms with Crippen LogP contribution in [0.4, 0.5) is 5.69 Å². The predicted molar refractivity (Wildman–Crippen MR) is 95.1 cm³/mol. The van der Waals surface area contributed by atoms with Crippen LogP contribution < -0.4 is 5.32 Å². The number of tetrazole rings is 1. The number of para-hydroxylation sites is 1. The van der Waals surface area contributed by atoms with Crippen LogP contribution in [-0.4, -0.2) is 30.7 Å². The quantitative estimate of drug-likeness (QED) is 0.625. The van der Waals surface area contributed by atoms with Crippen molar-refractivity contribution < 1.29 is 4.79 Å². The smallest absolute Gasteiger partial charge is 0.257 e. The van der Waals surface area contributed by atoms with Crippen molar-refractivity contribution in [2.24, 2.45) is 14.1 Å². The van der Waals surface area contributed by atoms with E-state index in [1.807, 2.05) is 66.3 Å². The summed E-state index contributed by atoms with van der Waals surface area (Å²) >= 11 is 0. The number of carbonyl (C=O) groups excluding carboxylic acids is 1. The van der Waals surface area contributed by atoms with Crippen LogP contribution in [0.3, 0.4) is 0 Å². The zero-order valence-corrected chi connectivity index (χ0v) is 13.8. The molecule has 0 saturated heterocycles. The third-order valence-corrected chi connectivity index (χ3v) is 4.03. The van der Waals surface area contributed by atoms with Gasteiger partial charge in [-0.05, 0) is 23.4 Å². The van der Waals surface area contributed by atoms with Crippen LogP contribution in [0.25, 0.3) is 22.3 Å². The summed E-state index contributed by atoms with van der Waals surface area (Å²) < 4.78 is 1.95. The molecule has 7 nitrogen and oxygen atoms in total. The Bertz CT molecular complexity index is 1080. The summed E-state index contributed by atoms with van der Waals surface area (Å²) in [5.41, 5.74) is 3.14. The number of carbonyl (C=O) groups is 1. The van der Waals surface area contributed by atoms with Crippen molar-refractivity contribution in [3.63, 3.8) is 0 Å². The number of nitrogens with zero attached hydrogens (tertiary/aromatic N) is 5. The molecule has 0 atom stereocenters. The van der Waals surface area contributed by atoms with E-state index in [0.29, 0.717) is 17.1 Å². The SMILES string of the molecule is Cn1nnc(-c2cccc(NC(=O)c3cn(C)c4ccccc34)c2)n1. The average molecular weight is 332 g/mol. The summed E-state index contributed by atoms with van der Waals surface area (Å²) in [6.45, 7) is 0. The molecule has 0 spiro atoms. The van der Waals surface area contributed by atoms with E-state index < -0.39 is 0 Å². The van der Waals surface area contributed by atoms with E-state index in [2.05, 4.69) is 20.7 Å². The highest BCUT2D eigenvalue weighted by molar-refractivity contribution is 6.13. The van der Waals surface area contributed by atoms with Crippen molar-refractivity contribution in [3.8, 4) is 11.4 Å². The van der Waals surface area contributed by atoms with Crippen molar-refractivity contribution >= 4 is 22.5 Å². The summed E-state index contributed by atoms with van der Waals surface area (Å²) in [6, 6.07) is 15.2. The molecule has 1 amide bonds. The van der Waals surface area contributed by atoms with Gasteiger partial charge in [-0.2, -0.15) is 4.80 Å². The first kappa shape index (κ1) is 15.1. The van der Waals surface area contributed by atoms with Crippen LogP contribution in [0.2, 0.25) is 0 Å². The van der Waals surface area contributed by atoms with E-state index >= 15 is 0 Å². The molecule has 2 aromatic carbocycles. The molecule has 0 fully saturated rings. The van der Waals surface area contributed by atoms with Gasteiger partial charge in [0.2, 0.25) is 5.82 Å². The average Bonchev–Trinajstić information content (AvgIpc) is 3.20. The molecule has 0 aliphatic carbocycles. The van der Waals surface area contributed by atoms with Crippen molar-refractivity contribution in [2.75, 3.05) is 5.32 Å². The molecule has 0 unspecified atom stereocenters. The number of rotatable bonds is 3. The van der Waals surface area contributed by atoms with Gasteiger partial charge in [0.15, 0.2) is 0 Å². The largest absolute Gasteiger partial charge is 0.350 e. The first-order chi connectivity index (χ1) is 12.1. The van der Waals surface area contributed by atoms with Gasteiger partial charge in [0, 0.05) is 35.4 Å². The maximum Gasteiger partial charge on any atom is 0.257 e. The summed E-state index contributed by atoms with van der Waals surface area (Å²) in [4.78, 5) is 14.1. The van der Waals surface area contributed by atoms with E-state index in [-0.39, 0.29) is 5.91 Å². The number of aromatic nitrogens is 5. The summed E-state index contributed by atoms with van der Waals surface area (Å²) in [6.07, 6.45) is 1.84. The van der Waals surface area contributed by atoms with Gasteiger partial charge < -0.3 is 9.88 Å². The van der Waals surface area contributed by atoms with Gasteiger partial charge in [-0.1, -0.05) is 30.3 Å². The Labute approximate surface area is 143 Å². The number of aryl methyl sites for hydroxylation is 2. The molecule has 1 N–H and O–H groups in total. The lowest BCUT2D eigenvalue weighted by atomic mass is 10.1. The van der Waals surface area contributed by atoms with Crippen LogP contribution in [0, 0.1) is 0 Å². The molecule has 0 bridgehead atoms. The van der Waals surface area contributed by atoms with Gasteiger partial charge in [-0.15, -0.1) is 10.2 Å². The van der Waals surface area contributed by atoms with Crippen molar-refractivity contribution in [1.29, 1.82) is 0 Å². The van der Waals surface area contributed by atoms with Crippen LogP contribution in [0.1, 0.15) is 10.4 Å². The molecule has 0 aliphatic heterocycles. The highest BCUT2D eigenvalue weighted by Gasteiger charge is 2.14. The van der Waals surface area contributed by atoms with Gasteiger partial charge in [-0.3, -0.25) is 4.79 Å². The molecule has 124 valence electrons. The van der Waals surface area contributed by atoms with E-state index in [9.17, 15) is 4.79 Å². The second-order valence-electron chi connectivity index (χ2n) is 5.81. The lowest BCUT2D eigenvalue weighted by molar-refractivity contribution is 0.102. The highest BCUT2D eigenvalue weighted by Crippen LogP contribution is 2.23. The first-order valence-electron chi connectivity index (χ1n) is 7.81. The van der Waals surface area contributed by atoms with E-state index in [1.54, 1.807) is 7.05 Å². The zero-order chi connectivity index (χ0) is 17.4. The Morgan fingerprint density at radius 3 is 2.72 bits per heavy atom. The molecule has 2 aromatic heterocycles. The normalized spacial score (nSPS) is 11.0. The van der Waals surface area contributed by atoms with E-state index in [0.717, 1.165) is 16.5 Å². The number of hydrogen-bond donors (Lipinski definition) is 1. The van der Waals surface area contributed by atoms with Gasteiger partial charge >= 0.3 is 0 Å². The maximum atomic E-state index is 12.7. The van der Waals surface area contributed by atoms with Crippen LogP contribution in [-0.2, 0) is 14.1 Å². The predicted octanol–water partition coefficient (Wildman–Crippen LogP) is 2.62. The third kappa shape index (κ3) is 2.76. The molecule has 7 heteroatoms.